The van der Waals surface area contributed by atoms with E-state index in [4.69, 9.17) is 17.3 Å². The van der Waals surface area contributed by atoms with Gasteiger partial charge in [-0.15, -0.1) is 0 Å². The predicted molar refractivity (Wildman–Crippen MR) is 43.7 cm³/mol. The number of nitrogen functional groups attached to an aromatic ring is 1. The van der Waals surface area contributed by atoms with E-state index in [-0.39, 0.29) is 0 Å². The molecule has 3 nitrogen and oxygen atoms in total. The van der Waals surface area contributed by atoms with Gasteiger partial charge < -0.3 is 5.73 Å². The van der Waals surface area contributed by atoms with Gasteiger partial charge in [0.1, 0.15) is 5.69 Å². The van der Waals surface area contributed by atoms with Crippen molar-refractivity contribution in [2.24, 2.45) is 0 Å². The molecule has 1 aromatic rings. The molecule has 2 N–H and O–H groups in total. The molecule has 0 spiro atoms. The van der Waals surface area contributed by atoms with Crippen LogP contribution in [-0.4, -0.2) is 10.2 Å². The molecule has 0 saturated carbocycles. The van der Waals surface area contributed by atoms with Crippen LogP contribution in [0.25, 0.3) is 0 Å². The van der Waals surface area contributed by atoms with Crippen molar-refractivity contribution < 1.29 is 18.0 Å². The van der Waals surface area contributed by atoms with E-state index in [1.165, 1.54) is 0 Å². The first-order chi connectivity index (χ1) is 6.43. The third kappa shape index (κ3) is 1.95. The van der Waals surface area contributed by atoms with Crippen molar-refractivity contribution in [3.63, 3.8) is 0 Å². The highest BCUT2D eigenvalue weighted by molar-refractivity contribution is 6.67. The van der Waals surface area contributed by atoms with E-state index in [1.54, 1.807) is 0 Å². The second kappa shape index (κ2) is 3.83. The fourth-order valence-corrected chi connectivity index (χ4v) is 0.992. The molecule has 76 valence electrons. The number of rotatable bonds is 2. The first-order valence-corrected chi connectivity index (χ1v) is 3.75. The number of hydrogen-bond donors (Lipinski definition) is 1. The third-order valence-corrected chi connectivity index (χ3v) is 1.63. The minimum absolute atomic E-state index is 0.447. The summed E-state index contributed by atoms with van der Waals surface area (Å²) in [4.78, 5) is 13.8. The Labute approximate surface area is 81.7 Å². The lowest BCUT2D eigenvalue weighted by Gasteiger charge is -2.05. The number of carbonyl (C=O) groups excluding carboxylic acids is 1. The Balaban J connectivity index is 3.39. The predicted octanol–water partition coefficient (Wildman–Crippen LogP) is 2.12. The number of pyridine rings is 1. The van der Waals surface area contributed by atoms with E-state index in [0.29, 0.717) is 6.07 Å². The average Bonchev–Trinajstić information content (AvgIpc) is 2.08. The van der Waals surface area contributed by atoms with Crippen LogP contribution >= 0.6 is 11.6 Å². The van der Waals surface area contributed by atoms with Crippen molar-refractivity contribution in [2.45, 2.75) is 6.43 Å². The van der Waals surface area contributed by atoms with Gasteiger partial charge in [-0.2, -0.15) is 0 Å². The second-order valence-corrected chi connectivity index (χ2v) is 2.71. The van der Waals surface area contributed by atoms with Crippen LogP contribution in [0.15, 0.2) is 6.07 Å². The number of alkyl halides is 2. The summed E-state index contributed by atoms with van der Waals surface area (Å²) < 4.78 is 37.2. The van der Waals surface area contributed by atoms with Gasteiger partial charge >= 0.3 is 0 Å². The van der Waals surface area contributed by atoms with Crippen molar-refractivity contribution in [1.29, 1.82) is 0 Å². The molecule has 0 saturated heterocycles. The summed E-state index contributed by atoms with van der Waals surface area (Å²) in [6.07, 6.45) is -3.03. The van der Waals surface area contributed by atoms with Crippen molar-refractivity contribution in [3.8, 4) is 0 Å². The van der Waals surface area contributed by atoms with Crippen LogP contribution in [0.1, 0.15) is 22.5 Å². The van der Waals surface area contributed by atoms with Gasteiger partial charge in [-0.3, -0.25) is 4.79 Å². The third-order valence-electron chi connectivity index (χ3n) is 1.45. The fourth-order valence-electron chi connectivity index (χ4n) is 0.841. The van der Waals surface area contributed by atoms with Gasteiger partial charge in [0, 0.05) is 0 Å². The summed E-state index contributed by atoms with van der Waals surface area (Å²) in [6, 6.07) is 0.447. The summed E-state index contributed by atoms with van der Waals surface area (Å²) in [5.41, 5.74) is 3.40. The topological polar surface area (TPSA) is 56.0 Å². The summed E-state index contributed by atoms with van der Waals surface area (Å²) in [6.45, 7) is 0. The largest absolute Gasteiger partial charge is 0.381 e. The lowest BCUT2D eigenvalue weighted by Crippen LogP contribution is -2.07. The normalized spacial score (nSPS) is 10.6. The van der Waals surface area contributed by atoms with E-state index in [0.717, 1.165) is 0 Å². The van der Waals surface area contributed by atoms with E-state index < -0.39 is 34.6 Å². The number of nitrogens with zero attached hydrogens (tertiary/aromatic N) is 1. The molecule has 0 aliphatic carbocycles. The summed E-state index contributed by atoms with van der Waals surface area (Å²) in [5, 5.41) is -1.20. The highest BCUT2D eigenvalue weighted by atomic mass is 35.5. The molecule has 0 aliphatic heterocycles. The summed E-state index contributed by atoms with van der Waals surface area (Å²) in [5.74, 6) is -1.75. The quantitative estimate of drug-likeness (QED) is 0.783. The van der Waals surface area contributed by atoms with Crippen LogP contribution in [0.4, 0.5) is 19.0 Å². The first kappa shape index (κ1) is 10.8. The molecule has 1 heterocycles. The summed E-state index contributed by atoms with van der Waals surface area (Å²) >= 11 is 4.96. The zero-order valence-electron chi connectivity index (χ0n) is 6.60. The van der Waals surface area contributed by atoms with Crippen LogP contribution in [0.3, 0.4) is 0 Å². The molecule has 7 heteroatoms. The van der Waals surface area contributed by atoms with Gasteiger partial charge in [-0.25, -0.2) is 18.2 Å². The SMILES string of the molecule is Nc1nc(C(=O)Cl)c(C(F)F)cc1F. The van der Waals surface area contributed by atoms with E-state index >= 15 is 0 Å². The van der Waals surface area contributed by atoms with Gasteiger partial charge in [-0.1, -0.05) is 0 Å². The lowest BCUT2D eigenvalue weighted by molar-refractivity contribution is 0.106. The van der Waals surface area contributed by atoms with Crippen LogP contribution in [0, 0.1) is 5.82 Å². The maximum Gasteiger partial charge on any atom is 0.271 e. The number of halogens is 4. The van der Waals surface area contributed by atoms with E-state index in [1.807, 2.05) is 0 Å². The minimum Gasteiger partial charge on any atom is -0.381 e. The van der Waals surface area contributed by atoms with Crippen molar-refractivity contribution >= 4 is 22.7 Å². The number of hydrogen-bond acceptors (Lipinski definition) is 3. The molecule has 1 rings (SSSR count). The highest BCUT2D eigenvalue weighted by Gasteiger charge is 2.21. The van der Waals surface area contributed by atoms with Gasteiger partial charge in [0.25, 0.3) is 11.7 Å². The van der Waals surface area contributed by atoms with Crippen LogP contribution in [0.2, 0.25) is 0 Å². The molecular formula is C7H4ClF3N2O. The fraction of sp³-hybridized carbons (Fsp3) is 0.143. The Morgan fingerprint density at radius 2 is 2.14 bits per heavy atom. The van der Waals surface area contributed by atoms with Crippen molar-refractivity contribution in [1.82, 2.24) is 4.98 Å². The summed E-state index contributed by atoms with van der Waals surface area (Å²) in [7, 11) is 0. The number of anilines is 1. The van der Waals surface area contributed by atoms with Crippen LogP contribution in [0.5, 0.6) is 0 Å². The Bertz CT molecular complexity index is 383. The highest BCUT2D eigenvalue weighted by Crippen LogP contribution is 2.25. The molecule has 0 unspecified atom stereocenters. The Hall–Kier alpha value is -1.30. The minimum atomic E-state index is -3.03. The van der Waals surface area contributed by atoms with Crippen LogP contribution in [-0.2, 0) is 0 Å². The van der Waals surface area contributed by atoms with Crippen LogP contribution < -0.4 is 5.73 Å². The van der Waals surface area contributed by atoms with Crippen molar-refractivity contribution in [2.75, 3.05) is 5.73 Å². The van der Waals surface area contributed by atoms with Gasteiger partial charge in [0.2, 0.25) is 0 Å². The standard InChI is InChI=1S/C7H4ClF3N2O/c8-5(14)4-2(6(10)11)1-3(9)7(12)13-4/h1,6H,(H2,12,13). The maximum atomic E-state index is 12.7. The maximum absolute atomic E-state index is 12.7. The monoisotopic (exact) mass is 224 g/mol. The molecule has 0 aromatic carbocycles. The zero-order chi connectivity index (χ0) is 10.9. The molecule has 0 atom stereocenters. The molecule has 0 aliphatic rings. The van der Waals surface area contributed by atoms with Gasteiger partial charge in [0.05, 0.1) is 5.56 Å². The molecule has 1 aromatic heterocycles. The molecule has 0 amide bonds. The molecule has 0 radical (unpaired) electrons. The average molecular weight is 225 g/mol. The van der Waals surface area contributed by atoms with E-state index in [9.17, 15) is 18.0 Å². The lowest BCUT2D eigenvalue weighted by atomic mass is 10.2. The van der Waals surface area contributed by atoms with Crippen molar-refractivity contribution in [3.05, 3.63) is 23.1 Å². The van der Waals surface area contributed by atoms with Gasteiger partial charge in [0.15, 0.2) is 11.6 Å². The zero-order valence-corrected chi connectivity index (χ0v) is 7.36. The molecule has 14 heavy (non-hydrogen) atoms. The number of aromatic nitrogens is 1. The number of carbonyl (C=O) groups is 1. The Morgan fingerprint density at radius 3 is 2.57 bits per heavy atom. The second-order valence-electron chi connectivity index (χ2n) is 2.37. The first-order valence-electron chi connectivity index (χ1n) is 3.37. The Morgan fingerprint density at radius 1 is 1.57 bits per heavy atom. The molecular weight excluding hydrogens is 221 g/mol. The molecule has 0 fully saturated rings. The molecule has 0 bridgehead atoms. The Kier molecular flexibility index (Phi) is 2.95. The smallest absolute Gasteiger partial charge is 0.271 e. The number of nitrogens with two attached hydrogens (primary N) is 1. The van der Waals surface area contributed by atoms with Gasteiger partial charge in [-0.05, 0) is 17.7 Å². The van der Waals surface area contributed by atoms with E-state index in [2.05, 4.69) is 4.98 Å².